The van der Waals surface area contributed by atoms with Crippen molar-refractivity contribution < 1.29 is 13.2 Å². The molecule has 0 radical (unpaired) electrons. The van der Waals surface area contributed by atoms with Crippen LogP contribution in [0.5, 0.6) is 0 Å². The lowest BCUT2D eigenvalue weighted by Crippen LogP contribution is -2.04. The fourth-order valence-corrected chi connectivity index (χ4v) is 2.78. The van der Waals surface area contributed by atoms with Gasteiger partial charge in [-0.1, -0.05) is 34.1 Å². The normalized spacial score (nSPS) is 11.3. The molecule has 126 valence electrons. The van der Waals surface area contributed by atoms with Crippen LogP contribution in [0.15, 0.2) is 53.0 Å². The highest BCUT2D eigenvalue weighted by Gasteiger charge is 2.31. The van der Waals surface area contributed by atoms with Crippen molar-refractivity contribution in [3.63, 3.8) is 0 Å². The van der Waals surface area contributed by atoms with Crippen molar-refractivity contribution in [3.8, 4) is 23.0 Å². The lowest BCUT2D eigenvalue weighted by Gasteiger charge is -2.07. The minimum atomic E-state index is -4.48. The van der Waals surface area contributed by atoms with Crippen LogP contribution in [0.4, 0.5) is 19.0 Å². The molecular weight excluding hydrogens is 397 g/mol. The zero-order valence-electron chi connectivity index (χ0n) is 12.5. The lowest BCUT2D eigenvalue weighted by molar-refractivity contribution is -0.137. The number of anilines is 1. The van der Waals surface area contributed by atoms with E-state index in [1.165, 1.54) is 16.8 Å². The van der Waals surface area contributed by atoms with Crippen LogP contribution < -0.4 is 5.73 Å². The third-order valence-corrected chi connectivity index (χ3v) is 4.04. The van der Waals surface area contributed by atoms with Crippen molar-refractivity contribution >= 4 is 21.7 Å². The molecule has 0 unspecified atom stereocenters. The largest absolute Gasteiger partial charge is 0.416 e. The van der Waals surface area contributed by atoms with Crippen molar-refractivity contribution in [1.29, 1.82) is 5.26 Å². The van der Waals surface area contributed by atoms with E-state index in [9.17, 15) is 18.4 Å². The van der Waals surface area contributed by atoms with Crippen LogP contribution in [0.25, 0.3) is 16.9 Å². The van der Waals surface area contributed by atoms with Gasteiger partial charge in [0.15, 0.2) is 0 Å². The maximum absolute atomic E-state index is 12.9. The number of hydrogen-bond acceptors (Lipinski definition) is 3. The standard InChI is InChI=1S/C17H10BrF3N4/c18-12-5-2-6-13(8-12)25-16(23)14(9-22)15(24-25)10-3-1-4-11(7-10)17(19,20)21/h1-8H,23H2. The molecule has 3 aromatic rings. The van der Waals surface area contributed by atoms with Gasteiger partial charge < -0.3 is 5.73 Å². The van der Waals surface area contributed by atoms with E-state index in [0.717, 1.165) is 16.6 Å². The van der Waals surface area contributed by atoms with E-state index in [1.54, 1.807) is 18.2 Å². The summed E-state index contributed by atoms with van der Waals surface area (Å²) in [7, 11) is 0. The number of hydrogen-bond donors (Lipinski definition) is 1. The van der Waals surface area contributed by atoms with Crippen molar-refractivity contribution in [1.82, 2.24) is 9.78 Å². The number of nitrogens with two attached hydrogens (primary N) is 1. The van der Waals surface area contributed by atoms with E-state index in [2.05, 4.69) is 21.0 Å². The van der Waals surface area contributed by atoms with Gasteiger partial charge in [-0.25, -0.2) is 4.68 Å². The van der Waals surface area contributed by atoms with Gasteiger partial charge in [0, 0.05) is 10.0 Å². The number of rotatable bonds is 2. The van der Waals surface area contributed by atoms with E-state index in [-0.39, 0.29) is 22.6 Å². The summed E-state index contributed by atoms with van der Waals surface area (Å²) in [6, 6.07) is 13.6. The number of nitrogen functional groups attached to an aromatic ring is 1. The first-order valence-corrected chi connectivity index (χ1v) is 7.82. The number of nitriles is 1. The molecule has 1 heterocycles. The number of benzene rings is 2. The summed E-state index contributed by atoms with van der Waals surface area (Å²) in [5.41, 5.74) is 6.07. The van der Waals surface area contributed by atoms with Gasteiger partial charge in [-0.15, -0.1) is 0 Å². The summed E-state index contributed by atoms with van der Waals surface area (Å²) >= 11 is 3.33. The summed E-state index contributed by atoms with van der Waals surface area (Å²) in [4.78, 5) is 0. The van der Waals surface area contributed by atoms with Crippen molar-refractivity contribution in [2.75, 3.05) is 5.73 Å². The van der Waals surface area contributed by atoms with Gasteiger partial charge in [0.05, 0.1) is 11.3 Å². The predicted molar refractivity (Wildman–Crippen MR) is 90.8 cm³/mol. The minimum Gasteiger partial charge on any atom is -0.382 e. The quantitative estimate of drug-likeness (QED) is 0.665. The summed E-state index contributed by atoms with van der Waals surface area (Å²) in [6.45, 7) is 0. The highest BCUT2D eigenvalue weighted by molar-refractivity contribution is 9.10. The molecule has 0 aliphatic carbocycles. The van der Waals surface area contributed by atoms with Gasteiger partial charge in [0.2, 0.25) is 0 Å². The molecule has 3 rings (SSSR count). The first-order chi connectivity index (χ1) is 11.8. The van der Waals surface area contributed by atoms with Crippen LogP contribution in [-0.4, -0.2) is 9.78 Å². The Kier molecular flexibility index (Phi) is 4.27. The lowest BCUT2D eigenvalue weighted by atomic mass is 10.0. The van der Waals surface area contributed by atoms with Gasteiger partial charge in [0.25, 0.3) is 0 Å². The van der Waals surface area contributed by atoms with Gasteiger partial charge in [-0.3, -0.25) is 0 Å². The fourth-order valence-electron chi connectivity index (χ4n) is 2.39. The summed E-state index contributed by atoms with van der Waals surface area (Å²) in [6.07, 6.45) is -4.48. The molecule has 0 atom stereocenters. The molecule has 25 heavy (non-hydrogen) atoms. The zero-order valence-corrected chi connectivity index (χ0v) is 14.1. The van der Waals surface area contributed by atoms with Gasteiger partial charge in [-0.2, -0.15) is 23.5 Å². The Balaban J connectivity index is 2.19. The van der Waals surface area contributed by atoms with Crippen LogP contribution in [-0.2, 0) is 6.18 Å². The number of halogens is 4. The van der Waals surface area contributed by atoms with Gasteiger partial charge >= 0.3 is 6.18 Å². The van der Waals surface area contributed by atoms with Crippen molar-refractivity contribution in [2.45, 2.75) is 6.18 Å². The molecular formula is C17H10BrF3N4. The number of aromatic nitrogens is 2. The summed E-state index contributed by atoms with van der Waals surface area (Å²) < 4.78 is 40.9. The van der Waals surface area contributed by atoms with Crippen LogP contribution in [0.2, 0.25) is 0 Å². The first-order valence-electron chi connectivity index (χ1n) is 7.03. The molecule has 8 heteroatoms. The fraction of sp³-hybridized carbons (Fsp3) is 0.0588. The smallest absolute Gasteiger partial charge is 0.382 e. The highest BCUT2D eigenvalue weighted by atomic mass is 79.9. The van der Waals surface area contributed by atoms with Gasteiger partial charge in [0.1, 0.15) is 23.1 Å². The molecule has 0 bridgehead atoms. The molecule has 0 fully saturated rings. The molecule has 2 aromatic carbocycles. The first kappa shape index (κ1) is 17.0. The SMILES string of the molecule is N#Cc1c(-c2cccc(C(F)(F)F)c2)nn(-c2cccc(Br)c2)c1N. The van der Waals surface area contributed by atoms with E-state index in [0.29, 0.717) is 5.69 Å². The second-order valence-electron chi connectivity index (χ2n) is 5.19. The monoisotopic (exact) mass is 406 g/mol. The van der Waals surface area contributed by atoms with Crippen LogP contribution >= 0.6 is 15.9 Å². The van der Waals surface area contributed by atoms with Crippen LogP contribution in [0, 0.1) is 11.3 Å². The number of alkyl halides is 3. The molecule has 0 amide bonds. The molecule has 0 saturated heterocycles. The number of nitrogens with zero attached hydrogens (tertiary/aromatic N) is 3. The molecule has 2 N–H and O–H groups in total. The van der Waals surface area contributed by atoms with E-state index in [1.807, 2.05) is 12.1 Å². The Labute approximate surface area is 149 Å². The Morgan fingerprint density at radius 1 is 1.12 bits per heavy atom. The van der Waals surface area contributed by atoms with Crippen molar-refractivity contribution in [2.24, 2.45) is 0 Å². The topological polar surface area (TPSA) is 67.6 Å². The minimum absolute atomic E-state index is 0.0271. The van der Waals surface area contributed by atoms with E-state index >= 15 is 0 Å². The summed E-state index contributed by atoms with van der Waals surface area (Å²) in [5, 5.41) is 13.7. The third kappa shape index (κ3) is 3.23. The Hall–Kier alpha value is -2.79. The maximum Gasteiger partial charge on any atom is 0.416 e. The van der Waals surface area contributed by atoms with E-state index < -0.39 is 11.7 Å². The summed E-state index contributed by atoms with van der Waals surface area (Å²) in [5.74, 6) is 0.0630. The second kappa shape index (κ2) is 6.26. The Bertz CT molecular complexity index is 986. The molecule has 0 aliphatic rings. The predicted octanol–water partition coefficient (Wildman–Crippen LogP) is 4.77. The van der Waals surface area contributed by atoms with Gasteiger partial charge in [-0.05, 0) is 30.3 Å². The maximum atomic E-state index is 12.9. The Morgan fingerprint density at radius 2 is 1.84 bits per heavy atom. The zero-order chi connectivity index (χ0) is 18.2. The molecule has 1 aromatic heterocycles. The Morgan fingerprint density at radius 3 is 2.48 bits per heavy atom. The van der Waals surface area contributed by atoms with Crippen LogP contribution in [0.1, 0.15) is 11.1 Å². The van der Waals surface area contributed by atoms with E-state index in [4.69, 9.17) is 5.73 Å². The third-order valence-electron chi connectivity index (χ3n) is 3.55. The molecule has 0 aliphatic heterocycles. The molecule has 0 saturated carbocycles. The average Bonchev–Trinajstić information content (AvgIpc) is 2.91. The molecule has 4 nitrogen and oxygen atoms in total. The van der Waals surface area contributed by atoms with Crippen LogP contribution in [0.3, 0.4) is 0 Å². The second-order valence-corrected chi connectivity index (χ2v) is 6.11. The average molecular weight is 407 g/mol. The van der Waals surface area contributed by atoms with Crippen molar-refractivity contribution in [3.05, 3.63) is 64.1 Å². The highest BCUT2D eigenvalue weighted by Crippen LogP contribution is 2.34. The molecule has 0 spiro atoms.